The minimum atomic E-state index is -0.913. The van der Waals surface area contributed by atoms with E-state index >= 15 is 0 Å². The Bertz CT molecular complexity index is 1040. The molecule has 27 heavy (non-hydrogen) atoms. The number of hydrogen-bond acceptors (Lipinski definition) is 5. The topological polar surface area (TPSA) is 85.6 Å². The molecule has 0 saturated heterocycles. The van der Waals surface area contributed by atoms with Crippen molar-refractivity contribution in [3.05, 3.63) is 81.2 Å². The fourth-order valence-corrected chi connectivity index (χ4v) is 2.66. The molecule has 0 fully saturated rings. The van der Waals surface area contributed by atoms with Gasteiger partial charge in [0, 0.05) is 10.4 Å². The van der Waals surface area contributed by atoms with Gasteiger partial charge >= 0.3 is 11.6 Å². The third-order valence-corrected chi connectivity index (χ3v) is 4.20. The molecule has 1 N–H and O–H groups in total. The number of carbonyl (C=O) groups excluding carboxylic acids is 2. The van der Waals surface area contributed by atoms with Gasteiger partial charge in [-0.15, -0.1) is 0 Å². The molecule has 3 aromatic rings. The lowest BCUT2D eigenvalue weighted by molar-refractivity contribution is -0.124. The number of hydrogen-bond donors (Lipinski definition) is 1. The summed E-state index contributed by atoms with van der Waals surface area (Å²) in [5.74, 6) is -1.40. The largest absolute Gasteiger partial charge is 0.452 e. The van der Waals surface area contributed by atoms with Crippen LogP contribution >= 0.6 is 11.6 Å². The first kappa shape index (κ1) is 18.7. The minimum absolute atomic E-state index is 0.257. The summed E-state index contributed by atoms with van der Waals surface area (Å²) in [6.07, 6.45) is 0. The summed E-state index contributed by atoms with van der Waals surface area (Å²) >= 11 is 5.84. The van der Waals surface area contributed by atoms with Gasteiger partial charge in [0.15, 0.2) is 6.61 Å². The van der Waals surface area contributed by atoms with Crippen molar-refractivity contribution >= 4 is 34.4 Å². The van der Waals surface area contributed by atoms with E-state index in [1.165, 1.54) is 6.07 Å². The van der Waals surface area contributed by atoms with Gasteiger partial charge in [0.1, 0.15) is 11.1 Å². The van der Waals surface area contributed by atoms with Gasteiger partial charge in [0.2, 0.25) is 0 Å². The van der Waals surface area contributed by atoms with Crippen LogP contribution in [0.4, 0.5) is 0 Å². The number of halogens is 1. The second kappa shape index (κ2) is 8.05. The number of ether oxygens (including phenoxy) is 1. The maximum atomic E-state index is 12.1. The van der Waals surface area contributed by atoms with Crippen molar-refractivity contribution in [1.82, 2.24) is 5.32 Å². The van der Waals surface area contributed by atoms with E-state index in [0.29, 0.717) is 16.0 Å². The molecule has 2 aromatic carbocycles. The molecule has 0 spiro atoms. The Kier molecular flexibility index (Phi) is 5.57. The quantitative estimate of drug-likeness (QED) is 0.536. The van der Waals surface area contributed by atoms with E-state index in [1.54, 1.807) is 55.5 Å². The van der Waals surface area contributed by atoms with Crippen LogP contribution < -0.4 is 10.9 Å². The first-order valence-electron chi connectivity index (χ1n) is 8.19. The Balaban J connectivity index is 1.61. The van der Waals surface area contributed by atoms with Gasteiger partial charge in [-0.1, -0.05) is 41.9 Å². The zero-order valence-corrected chi connectivity index (χ0v) is 15.2. The van der Waals surface area contributed by atoms with E-state index in [4.69, 9.17) is 20.8 Å². The average Bonchev–Trinajstić information content (AvgIpc) is 2.66. The number of carbonyl (C=O) groups is 2. The van der Waals surface area contributed by atoms with Crippen molar-refractivity contribution < 1.29 is 18.7 Å². The average molecular weight is 386 g/mol. The Labute approximate surface area is 159 Å². The molecule has 1 aromatic heterocycles. The SMILES string of the molecule is C[C@@H](NC(=O)COC(=O)c1cc2ccccc2oc1=O)c1ccc(Cl)cc1. The highest BCUT2D eigenvalue weighted by atomic mass is 35.5. The molecule has 1 heterocycles. The van der Waals surface area contributed by atoms with Crippen molar-refractivity contribution in [3.8, 4) is 0 Å². The monoisotopic (exact) mass is 385 g/mol. The number of nitrogens with one attached hydrogen (secondary N) is 1. The van der Waals surface area contributed by atoms with Crippen LogP contribution in [-0.2, 0) is 9.53 Å². The predicted octanol–water partition coefficient (Wildman–Crippen LogP) is 3.48. The molecule has 3 rings (SSSR count). The highest BCUT2D eigenvalue weighted by molar-refractivity contribution is 6.30. The van der Waals surface area contributed by atoms with Gasteiger partial charge in [0.05, 0.1) is 6.04 Å². The van der Waals surface area contributed by atoms with Gasteiger partial charge in [-0.2, -0.15) is 0 Å². The molecule has 0 aliphatic carbocycles. The first-order chi connectivity index (χ1) is 12.9. The van der Waals surface area contributed by atoms with Gasteiger partial charge in [-0.3, -0.25) is 4.79 Å². The Morgan fingerprint density at radius 3 is 2.59 bits per heavy atom. The zero-order valence-electron chi connectivity index (χ0n) is 14.4. The molecule has 138 valence electrons. The maximum absolute atomic E-state index is 12.1. The Hall–Kier alpha value is -3.12. The van der Waals surface area contributed by atoms with Crippen LogP contribution in [0.1, 0.15) is 28.9 Å². The lowest BCUT2D eigenvalue weighted by Crippen LogP contribution is -2.31. The van der Waals surface area contributed by atoms with E-state index in [-0.39, 0.29) is 11.6 Å². The summed E-state index contributed by atoms with van der Waals surface area (Å²) in [7, 11) is 0. The second-order valence-electron chi connectivity index (χ2n) is 5.90. The van der Waals surface area contributed by atoms with Crippen LogP contribution in [0.3, 0.4) is 0 Å². The molecular weight excluding hydrogens is 370 g/mol. The molecule has 7 heteroatoms. The molecule has 0 radical (unpaired) electrons. The van der Waals surface area contributed by atoms with Gasteiger partial charge in [-0.05, 0) is 36.8 Å². The molecule has 1 amide bonds. The highest BCUT2D eigenvalue weighted by Gasteiger charge is 2.17. The third-order valence-electron chi connectivity index (χ3n) is 3.94. The standard InChI is InChI=1S/C20H16ClNO5/c1-12(13-6-8-15(21)9-7-13)22-18(23)11-26-19(24)16-10-14-4-2-3-5-17(14)27-20(16)25/h2-10,12H,11H2,1H3,(H,22,23)/t12-/m1/s1. The number of rotatable bonds is 5. The van der Waals surface area contributed by atoms with E-state index in [0.717, 1.165) is 5.56 Å². The van der Waals surface area contributed by atoms with Crippen LogP contribution in [0.25, 0.3) is 11.0 Å². The van der Waals surface area contributed by atoms with E-state index in [1.807, 2.05) is 0 Å². The molecule has 1 atom stereocenters. The van der Waals surface area contributed by atoms with E-state index < -0.39 is 24.1 Å². The summed E-state index contributed by atoms with van der Waals surface area (Å²) < 4.78 is 10.0. The number of benzene rings is 2. The molecule has 0 bridgehead atoms. The number of fused-ring (bicyclic) bond motifs is 1. The van der Waals surface area contributed by atoms with E-state index in [2.05, 4.69) is 5.32 Å². The lowest BCUT2D eigenvalue weighted by atomic mass is 10.1. The summed E-state index contributed by atoms with van der Waals surface area (Å²) in [4.78, 5) is 36.1. The van der Waals surface area contributed by atoms with Gasteiger partial charge in [0.25, 0.3) is 5.91 Å². The van der Waals surface area contributed by atoms with Gasteiger partial charge < -0.3 is 14.5 Å². The fourth-order valence-electron chi connectivity index (χ4n) is 2.53. The summed E-state index contributed by atoms with van der Waals surface area (Å²) in [6, 6.07) is 14.9. The normalized spacial score (nSPS) is 11.8. The van der Waals surface area contributed by atoms with Crippen molar-refractivity contribution in [2.75, 3.05) is 6.61 Å². The third kappa shape index (κ3) is 4.54. The zero-order chi connectivity index (χ0) is 19.4. The van der Waals surface area contributed by atoms with Crippen LogP contribution in [-0.4, -0.2) is 18.5 Å². The molecule has 0 aliphatic heterocycles. The van der Waals surface area contributed by atoms with Crippen molar-refractivity contribution in [3.63, 3.8) is 0 Å². The van der Waals surface area contributed by atoms with Crippen LogP contribution in [0.15, 0.2) is 63.8 Å². The minimum Gasteiger partial charge on any atom is -0.452 e. The van der Waals surface area contributed by atoms with Crippen molar-refractivity contribution in [2.45, 2.75) is 13.0 Å². The molecule has 0 saturated carbocycles. The van der Waals surface area contributed by atoms with E-state index in [9.17, 15) is 14.4 Å². The van der Waals surface area contributed by atoms with Crippen molar-refractivity contribution in [1.29, 1.82) is 0 Å². The van der Waals surface area contributed by atoms with Crippen LogP contribution in [0, 0.1) is 0 Å². The Morgan fingerprint density at radius 2 is 1.85 bits per heavy atom. The highest BCUT2D eigenvalue weighted by Crippen LogP contribution is 2.16. The summed E-state index contributed by atoms with van der Waals surface area (Å²) in [5.41, 5.74) is 0.156. The molecular formula is C20H16ClNO5. The number of amides is 1. The molecule has 0 aliphatic rings. The van der Waals surface area contributed by atoms with Crippen LogP contribution in [0.5, 0.6) is 0 Å². The number of esters is 1. The fraction of sp³-hybridized carbons (Fsp3) is 0.150. The van der Waals surface area contributed by atoms with Crippen LogP contribution in [0.2, 0.25) is 5.02 Å². The Morgan fingerprint density at radius 1 is 1.15 bits per heavy atom. The second-order valence-corrected chi connectivity index (χ2v) is 6.34. The van der Waals surface area contributed by atoms with Gasteiger partial charge in [-0.25, -0.2) is 9.59 Å². The maximum Gasteiger partial charge on any atom is 0.351 e. The molecule has 0 unspecified atom stereocenters. The smallest absolute Gasteiger partial charge is 0.351 e. The lowest BCUT2D eigenvalue weighted by Gasteiger charge is -2.14. The van der Waals surface area contributed by atoms with Crippen molar-refractivity contribution in [2.24, 2.45) is 0 Å². The summed E-state index contributed by atoms with van der Waals surface area (Å²) in [6.45, 7) is 1.28. The number of para-hydroxylation sites is 1. The first-order valence-corrected chi connectivity index (χ1v) is 8.56. The molecule has 6 nitrogen and oxygen atoms in total. The predicted molar refractivity (Wildman–Crippen MR) is 101 cm³/mol. The summed E-state index contributed by atoms with van der Waals surface area (Å²) in [5, 5.41) is 3.89.